The summed E-state index contributed by atoms with van der Waals surface area (Å²) in [6.07, 6.45) is -1.69. The minimum atomic E-state index is -3.63. The van der Waals surface area contributed by atoms with Crippen LogP contribution in [-0.4, -0.2) is 20.7 Å². The molecule has 136 valence electrons. The number of nitrogens with one attached hydrogen (secondary N) is 1. The van der Waals surface area contributed by atoms with Gasteiger partial charge in [-0.05, 0) is 31.2 Å². The molecular formula is C18H12F2N4O2S. The number of hydrogen-bond donors (Lipinski definition) is 1. The minimum absolute atomic E-state index is 0.00623. The first-order valence-electron chi connectivity index (χ1n) is 8.05. The summed E-state index contributed by atoms with van der Waals surface area (Å²) < 4.78 is 37.1. The summed E-state index contributed by atoms with van der Waals surface area (Å²) in [4.78, 5) is 9.15. The van der Waals surface area contributed by atoms with Gasteiger partial charge in [-0.3, -0.25) is 4.40 Å². The van der Waals surface area contributed by atoms with Gasteiger partial charge >= 0.3 is 6.29 Å². The van der Waals surface area contributed by atoms with Gasteiger partial charge in [-0.25, -0.2) is 9.97 Å². The second-order valence-corrected chi connectivity index (χ2v) is 6.82. The van der Waals surface area contributed by atoms with E-state index >= 15 is 0 Å². The van der Waals surface area contributed by atoms with Crippen LogP contribution >= 0.6 is 11.3 Å². The van der Waals surface area contributed by atoms with Gasteiger partial charge in [-0.15, -0.1) is 20.1 Å². The van der Waals surface area contributed by atoms with Crippen LogP contribution in [0.2, 0.25) is 0 Å². The molecule has 0 saturated carbocycles. The molecule has 0 fully saturated rings. The van der Waals surface area contributed by atoms with E-state index in [0.717, 1.165) is 22.7 Å². The molecule has 9 heteroatoms. The molecule has 1 N–H and O–H groups in total. The lowest BCUT2D eigenvalue weighted by atomic mass is 10.3. The maximum Gasteiger partial charge on any atom is 0.586 e. The molecule has 5 rings (SSSR count). The van der Waals surface area contributed by atoms with Crippen LogP contribution in [0.1, 0.15) is 5.69 Å². The molecule has 0 radical (unpaired) electrons. The first-order chi connectivity index (χ1) is 13.0. The average Bonchev–Trinajstić information content (AvgIpc) is 3.27. The third kappa shape index (κ3) is 2.76. The number of halogens is 2. The zero-order valence-corrected chi connectivity index (χ0v) is 14.8. The molecule has 27 heavy (non-hydrogen) atoms. The third-order valence-electron chi connectivity index (χ3n) is 4.10. The average molecular weight is 386 g/mol. The maximum absolute atomic E-state index is 13.1. The number of nitrogens with zero attached hydrogens (tertiary/aromatic N) is 3. The molecule has 0 amide bonds. The topological polar surface area (TPSA) is 60.7 Å². The second-order valence-electron chi connectivity index (χ2n) is 5.97. The van der Waals surface area contributed by atoms with Crippen molar-refractivity contribution < 1.29 is 18.3 Å². The Morgan fingerprint density at radius 1 is 1.11 bits per heavy atom. The van der Waals surface area contributed by atoms with Crippen LogP contribution in [-0.2, 0) is 0 Å². The molecule has 0 unspecified atom stereocenters. The number of aromatic nitrogens is 3. The SMILES string of the molecule is Cc1nc2ccccn2c1-c1csc(Nc2ccc3c(c2)OC(F)(F)O3)n1. The summed E-state index contributed by atoms with van der Waals surface area (Å²) in [5.74, 6) is -0.00820. The lowest BCUT2D eigenvalue weighted by Gasteiger charge is -2.04. The van der Waals surface area contributed by atoms with E-state index in [-0.39, 0.29) is 11.5 Å². The number of fused-ring (bicyclic) bond motifs is 2. The van der Waals surface area contributed by atoms with E-state index in [1.54, 1.807) is 6.07 Å². The number of imidazole rings is 1. The standard InChI is InChI=1S/C18H12F2N4O2S/c1-10-16(24-7-3-2-4-15(24)21-10)12-9-27-17(23-12)22-11-5-6-13-14(8-11)26-18(19,20)25-13/h2-9H,1H3,(H,22,23). The Morgan fingerprint density at radius 2 is 1.96 bits per heavy atom. The first-order valence-corrected chi connectivity index (χ1v) is 8.93. The molecule has 3 aromatic heterocycles. The summed E-state index contributed by atoms with van der Waals surface area (Å²) >= 11 is 1.41. The quantitative estimate of drug-likeness (QED) is 0.546. The highest BCUT2D eigenvalue weighted by atomic mass is 32.1. The van der Waals surface area contributed by atoms with Crippen molar-refractivity contribution >= 4 is 27.8 Å². The highest BCUT2D eigenvalue weighted by Gasteiger charge is 2.43. The Bertz CT molecular complexity index is 1170. The van der Waals surface area contributed by atoms with Gasteiger partial charge in [0.15, 0.2) is 16.6 Å². The molecule has 4 aromatic rings. The summed E-state index contributed by atoms with van der Waals surface area (Å²) in [5, 5.41) is 5.66. The first kappa shape index (κ1) is 16.0. The van der Waals surface area contributed by atoms with Gasteiger partial charge in [-0.2, -0.15) is 0 Å². The highest BCUT2D eigenvalue weighted by Crippen LogP contribution is 2.42. The van der Waals surface area contributed by atoms with Gasteiger partial charge < -0.3 is 14.8 Å². The number of benzene rings is 1. The predicted octanol–water partition coefficient (Wildman–Crippen LogP) is 4.83. The summed E-state index contributed by atoms with van der Waals surface area (Å²) in [6.45, 7) is 1.94. The molecule has 1 aliphatic heterocycles. The Morgan fingerprint density at radius 3 is 2.85 bits per heavy atom. The fourth-order valence-corrected chi connectivity index (χ4v) is 3.73. The van der Waals surface area contributed by atoms with Crippen LogP contribution in [0.3, 0.4) is 0 Å². The second kappa shape index (κ2) is 5.65. The lowest BCUT2D eigenvalue weighted by molar-refractivity contribution is -0.286. The van der Waals surface area contributed by atoms with Crippen molar-refractivity contribution in [2.45, 2.75) is 13.2 Å². The number of pyridine rings is 1. The van der Waals surface area contributed by atoms with Crippen LogP contribution in [0.15, 0.2) is 48.0 Å². The predicted molar refractivity (Wildman–Crippen MR) is 97.0 cm³/mol. The summed E-state index contributed by atoms with van der Waals surface area (Å²) in [6, 6.07) is 10.3. The van der Waals surface area contributed by atoms with E-state index in [0.29, 0.717) is 10.8 Å². The number of aryl methyl sites for hydroxylation is 1. The van der Waals surface area contributed by atoms with E-state index in [1.807, 2.05) is 41.1 Å². The molecule has 0 saturated heterocycles. The van der Waals surface area contributed by atoms with Crippen LogP contribution in [0.5, 0.6) is 11.5 Å². The summed E-state index contributed by atoms with van der Waals surface area (Å²) in [7, 11) is 0. The van der Waals surface area contributed by atoms with Crippen molar-refractivity contribution in [2.75, 3.05) is 5.32 Å². The smallest absolute Gasteiger partial charge is 0.395 e. The van der Waals surface area contributed by atoms with Crippen LogP contribution in [0.4, 0.5) is 19.6 Å². The van der Waals surface area contributed by atoms with Crippen molar-refractivity contribution in [3.63, 3.8) is 0 Å². The maximum atomic E-state index is 13.1. The van der Waals surface area contributed by atoms with Crippen molar-refractivity contribution in [1.82, 2.24) is 14.4 Å². The van der Waals surface area contributed by atoms with Gasteiger partial charge in [0.2, 0.25) is 0 Å². The number of rotatable bonds is 3. The molecular weight excluding hydrogens is 374 g/mol. The normalized spacial score (nSPS) is 14.6. The number of ether oxygens (including phenoxy) is 2. The zero-order chi connectivity index (χ0) is 18.6. The Labute approximate surface area is 156 Å². The van der Waals surface area contributed by atoms with E-state index in [1.165, 1.54) is 23.5 Å². The molecule has 1 aliphatic rings. The monoisotopic (exact) mass is 386 g/mol. The Kier molecular flexibility index (Phi) is 3.35. The van der Waals surface area contributed by atoms with Crippen molar-refractivity contribution in [1.29, 1.82) is 0 Å². The zero-order valence-electron chi connectivity index (χ0n) is 13.9. The Balaban J connectivity index is 1.44. The van der Waals surface area contributed by atoms with Gasteiger partial charge in [0.1, 0.15) is 11.3 Å². The van der Waals surface area contributed by atoms with Crippen molar-refractivity contribution in [3.8, 4) is 22.9 Å². The minimum Gasteiger partial charge on any atom is -0.395 e. The third-order valence-corrected chi connectivity index (χ3v) is 4.86. The number of alkyl halides is 2. The fourth-order valence-electron chi connectivity index (χ4n) is 3.01. The van der Waals surface area contributed by atoms with E-state index in [4.69, 9.17) is 0 Å². The van der Waals surface area contributed by atoms with Crippen LogP contribution in [0.25, 0.3) is 17.0 Å². The molecule has 1 aromatic carbocycles. The molecule has 6 nitrogen and oxygen atoms in total. The van der Waals surface area contributed by atoms with E-state index < -0.39 is 6.29 Å². The van der Waals surface area contributed by atoms with Gasteiger partial charge in [0, 0.05) is 23.3 Å². The van der Waals surface area contributed by atoms with Gasteiger partial charge in [0.05, 0.1) is 11.4 Å². The Hall–Kier alpha value is -3.20. The van der Waals surface area contributed by atoms with Crippen molar-refractivity contribution in [2.24, 2.45) is 0 Å². The summed E-state index contributed by atoms with van der Waals surface area (Å²) in [5.41, 5.74) is 4.00. The fraction of sp³-hybridized carbons (Fsp3) is 0.111. The number of hydrogen-bond acceptors (Lipinski definition) is 6. The molecule has 0 atom stereocenters. The number of thiazole rings is 1. The largest absolute Gasteiger partial charge is 0.586 e. The molecule has 0 spiro atoms. The van der Waals surface area contributed by atoms with Gasteiger partial charge in [-0.1, -0.05) is 6.07 Å². The lowest BCUT2D eigenvalue weighted by Crippen LogP contribution is -2.25. The van der Waals surface area contributed by atoms with E-state index in [2.05, 4.69) is 24.8 Å². The highest BCUT2D eigenvalue weighted by molar-refractivity contribution is 7.14. The van der Waals surface area contributed by atoms with Crippen LogP contribution < -0.4 is 14.8 Å². The van der Waals surface area contributed by atoms with E-state index in [9.17, 15) is 8.78 Å². The molecule has 0 bridgehead atoms. The molecule has 0 aliphatic carbocycles. The number of anilines is 2. The van der Waals surface area contributed by atoms with Crippen LogP contribution in [0, 0.1) is 6.92 Å². The van der Waals surface area contributed by atoms with Crippen molar-refractivity contribution in [3.05, 3.63) is 53.7 Å². The molecule has 4 heterocycles. The van der Waals surface area contributed by atoms with Gasteiger partial charge in [0.25, 0.3) is 0 Å².